The lowest BCUT2D eigenvalue weighted by Gasteiger charge is -2.23. The predicted molar refractivity (Wildman–Crippen MR) is 60.9 cm³/mol. The van der Waals surface area contributed by atoms with Crippen LogP contribution in [0.2, 0.25) is 0 Å². The predicted octanol–water partition coefficient (Wildman–Crippen LogP) is 0.426. The molecule has 1 aromatic heterocycles. The van der Waals surface area contributed by atoms with Crippen LogP contribution >= 0.6 is 0 Å². The van der Waals surface area contributed by atoms with Crippen LogP contribution in [0.3, 0.4) is 0 Å². The van der Waals surface area contributed by atoms with Gasteiger partial charge in [-0.1, -0.05) is 0 Å². The van der Waals surface area contributed by atoms with E-state index in [2.05, 4.69) is 4.98 Å². The highest BCUT2D eigenvalue weighted by atomic mass is 19.3. The Morgan fingerprint density at radius 3 is 2.67 bits per heavy atom. The fourth-order valence-electron chi connectivity index (χ4n) is 1.43. The van der Waals surface area contributed by atoms with Crippen molar-refractivity contribution in [3.8, 4) is 0 Å². The van der Waals surface area contributed by atoms with E-state index in [9.17, 15) is 13.6 Å². The molecule has 100 valence electrons. The van der Waals surface area contributed by atoms with E-state index in [1.54, 1.807) is 0 Å². The number of carboxylic acid groups (broad SMARTS) is 1. The van der Waals surface area contributed by atoms with Crippen LogP contribution in [-0.2, 0) is 0 Å². The van der Waals surface area contributed by atoms with E-state index in [1.165, 1.54) is 0 Å². The third-order valence-electron chi connectivity index (χ3n) is 2.17. The van der Waals surface area contributed by atoms with Crippen LogP contribution in [0, 0.1) is 0 Å². The molecule has 0 saturated heterocycles. The van der Waals surface area contributed by atoms with E-state index < -0.39 is 18.9 Å². The number of pyridine rings is 1. The number of carboxylic acids is 1. The van der Waals surface area contributed by atoms with Crippen molar-refractivity contribution >= 4 is 17.5 Å². The number of hydrogen-bond donors (Lipinski definition) is 3. The molecule has 0 aliphatic rings. The first-order valence-corrected chi connectivity index (χ1v) is 5.08. The Morgan fingerprint density at radius 2 is 2.22 bits per heavy atom. The number of aromatic nitrogens is 1. The Labute approximate surface area is 102 Å². The second kappa shape index (κ2) is 6.10. The molecule has 0 aliphatic carbocycles. The first-order chi connectivity index (χ1) is 8.45. The summed E-state index contributed by atoms with van der Waals surface area (Å²) in [6.07, 6.45) is -1.58. The summed E-state index contributed by atoms with van der Waals surface area (Å²) in [5, 5.41) is 17.5. The van der Waals surface area contributed by atoms with Crippen molar-refractivity contribution in [1.82, 2.24) is 4.98 Å². The Bertz CT molecular complexity index is 429. The van der Waals surface area contributed by atoms with Gasteiger partial charge in [0, 0.05) is 12.7 Å². The normalized spacial score (nSPS) is 10.7. The summed E-state index contributed by atoms with van der Waals surface area (Å²) in [7, 11) is 0. The van der Waals surface area contributed by atoms with Gasteiger partial charge >= 0.3 is 5.97 Å². The standard InChI is InChI=1S/C10H13F2N3O3/c11-8(12)5-15(1-2-16)9-7(13)3-6(4-14-9)10(17)18/h3-4,8,16H,1-2,5,13H2,(H,17,18). The molecule has 8 heteroatoms. The maximum atomic E-state index is 12.3. The van der Waals surface area contributed by atoms with Gasteiger partial charge in [0.15, 0.2) is 5.82 Å². The molecular formula is C10H13F2N3O3. The van der Waals surface area contributed by atoms with Crippen LogP contribution in [0.15, 0.2) is 12.3 Å². The third kappa shape index (κ3) is 3.52. The van der Waals surface area contributed by atoms with E-state index >= 15 is 0 Å². The van der Waals surface area contributed by atoms with E-state index in [0.29, 0.717) is 0 Å². The monoisotopic (exact) mass is 261 g/mol. The van der Waals surface area contributed by atoms with Crippen molar-refractivity contribution in [3.63, 3.8) is 0 Å². The van der Waals surface area contributed by atoms with E-state index in [1.807, 2.05) is 0 Å². The van der Waals surface area contributed by atoms with Gasteiger partial charge in [-0.2, -0.15) is 0 Å². The van der Waals surface area contributed by atoms with Crippen molar-refractivity contribution in [1.29, 1.82) is 0 Å². The fourth-order valence-corrected chi connectivity index (χ4v) is 1.43. The maximum absolute atomic E-state index is 12.3. The van der Waals surface area contributed by atoms with E-state index in [4.69, 9.17) is 15.9 Å². The average molecular weight is 261 g/mol. The Morgan fingerprint density at radius 1 is 1.56 bits per heavy atom. The molecular weight excluding hydrogens is 248 g/mol. The molecule has 0 aromatic carbocycles. The van der Waals surface area contributed by atoms with Crippen LogP contribution in [0.1, 0.15) is 10.4 Å². The molecule has 0 radical (unpaired) electrons. The molecule has 1 heterocycles. The largest absolute Gasteiger partial charge is 0.478 e. The summed E-state index contributed by atoms with van der Waals surface area (Å²) in [6.45, 7) is -1.04. The topological polar surface area (TPSA) is 99.7 Å². The molecule has 0 spiro atoms. The summed E-state index contributed by atoms with van der Waals surface area (Å²) in [5.74, 6) is -1.17. The number of aromatic carboxylic acids is 1. The number of alkyl halides is 2. The van der Waals surface area contributed by atoms with Crippen LogP contribution in [0.25, 0.3) is 0 Å². The molecule has 0 aliphatic heterocycles. The van der Waals surface area contributed by atoms with Gasteiger partial charge < -0.3 is 20.8 Å². The smallest absolute Gasteiger partial charge is 0.337 e. The number of carbonyl (C=O) groups is 1. The number of halogens is 2. The lowest BCUT2D eigenvalue weighted by molar-refractivity contribution is 0.0696. The van der Waals surface area contributed by atoms with Crippen LogP contribution < -0.4 is 10.6 Å². The molecule has 0 atom stereocenters. The summed E-state index contributed by atoms with van der Waals surface area (Å²) >= 11 is 0. The number of nitrogens with zero attached hydrogens (tertiary/aromatic N) is 2. The van der Waals surface area contributed by atoms with E-state index in [0.717, 1.165) is 17.2 Å². The molecule has 1 aromatic rings. The van der Waals surface area contributed by atoms with Crippen molar-refractivity contribution < 1.29 is 23.8 Å². The Kier molecular flexibility index (Phi) is 4.78. The van der Waals surface area contributed by atoms with Crippen LogP contribution in [-0.4, -0.2) is 47.3 Å². The molecule has 6 nitrogen and oxygen atoms in total. The maximum Gasteiger partial charge on any atom is 0.337 e. The SMILES string of the molecule is Nc1cc(C(=O)O)cnc1N(CCO)CC(F)F. The molecule has 0 bridgehead atoms. The van der Waals surface area contributed by atoms with Crippen molar-refractivity contribution in [2.24, 2.45) is 0 Å². The fraction of sp³-hybridized carbons (Fsp3) is 0.400. The van der Waals surface area contributed by atoms with Gasteiger partial charge in [0.05, 0.1) is 24.4 Å². The van der Waals surface area contributed by atoms with Gasteiger partial charge in [0.1, 0.15) is 0 Å². The zero-order chi connectivity index (χ0) is 13.7. The van der Waals surface area contributed by atoms with Gasteiger partial charge in [-0.15, -0.1) is 0 Å². The second-order valence-electron chi connectivity index (χ2n) is 3.50. The zero-order valence-corrected chi connectivity index (χ0v) is 9.38. The lowest BCUT2D eigenvalue weighted by Crippen LogP contribution is -2.33. The van der Waals surface area contributed by atoms with Gasteiger partial charge in [-0.25, -0.2) is 18.6 Å². The van der Waals surface area contributed by atoms with E-state index in [-0.39, 0.29) is 30.2 Å². The second-order valence-corrected chi connectivity index (χ2v) is 3.50. The van der Waals surface area contributed by atoms with Crippen LogP contribution in [0.4, 0.5) is 20.3 Å². The quantitative estimate of drug-likeness (QED) is 0.686. The van der Waals surface area contributed by atoms with Gasteiger partial charge in [-0.3, -0.25) is 0 Å². The molecule has 18 heavy (non-hydrogen) atoms. The number of rotatable bonds is 6. The first-order valence-electron chi connectivity index (χ1n) is 5.08. The average Bonchev–Trinajstić information content (AvgIpc) is 2.27. The molecule has 0 unspecified atom stereocenters. The Hall–Kier alpha value is -1.96. The highest BCUT2D eigenvalue weighted by molar-refractivity contribution is 5.89. The first kappa shape index (κ1) is 14.1. The highest BCUT2D eigenvalue weighted by Gasteiger charge is 2.17. The molecule has 0 fully saturated rings. The van der Waals surface area contributed by atoms with Crippen molar-refractivity contribution in [3.05, 3.63) is 17.8 Å². The number of nitrogen functional groups attached to an aromatic ring is 1. The molecule has 0 amide bonds. The lowest BCUT2D eigenvalue weighted by atomic mass is 10.2. The number of anilines is 2. The number of aliphatic hydroxyl groups excluding tert-OH is 1. The minimum absolute atomic E-state index is 0.0241. The highest BCUT2D eigenvalue weighted by Crippen LogP contribution is 2.21. The van der Waals surface area contributed by atoms with Gasteiger partial charge in [-0.05, 0) is 6.07 Å². The summed E-state index contributed by atoms with van der Waals surface area (Å²) < 4.78 is 24.7. The molecule has 1 rings (SSSR count). The molecule has 0 saturated carbocycles. The summed E-state index contributed by atoms with van der Waals surface area (Å²) in [4.78, 5) is 15.5. The van der Waals surface area contributed by atoms with Crippen LogP contribution in [0.5, 0.6) is 0 Å². The molecule has 4 N–H and O–H groups in total. The van der Waals surface area contributed by atoms with Gasteiger partial charge in [0.25, 0.3) is 6.43 Å². The summed E-state index contributed by atoms with van der Waals surface area (Å²) in [6, 6.07) is 1.14. The Balaban J connectivity index is 3.01. The number of nitrogens with two attached hydrogens (primary N) is 1. The minimum Gasteiger partial charge on any atom is -0.478 e. The van der Waals surface area contributed by atoms with Crippen molar-refractivity contribution in [2.45, 2.75) is 6.43 Å². The zero-order valence-electron chi connectivity index (χ0n) is 9.38. The number of hydrogen-bond acceptors (Lipinski definition) is 5. The van der Waals surface area contributed by atoms with Crippen molar-refractivity contribution in [2.75, 3.05) is 30.3 Å². The summed E-state index contributed by atoms with van der Waals surface area (Å²) in [5.41, 5.74) is 5.42. The number of aliphatic hydroxyl groups is 1. The third-order valence-corrected chi connectivity index (χ3v) is 2.17. The van der Waals surface area contributed by atoms with Gasteiger partial charge in [0.2, 0.25) is 0 Å². The minimum atomic E-state index is -2.61.